The summed E-state index contributed by atoms with van der Waals surface area (Å²) in [5.41, 5.74) is 1.51. The van der Waals surface area contributed by atoms with Crippen LogP contribution in [0.25, 0.3) is 11.1 Å². The molecule has 0 saturated heterocycles. The Bertz CT molecular complexity index is 942. The van der Waals surface area contributed by atoms with Gasteiger partial charge in [-0.05, 0) is 38.5 Å². The lowest BCUT2D eigenvalue weighted by atomic mass is 10.0. The summed E-state index contributed by atoms with van der Waals surface area (Å²) in [5, 5.41) is 10.8. The summed E-state index contributed by atoms with van der Waals surface area (Å²) in [5.74, 6) is -0.640. The molecule has 1 heterocycles. The Kier molecular flexibility index (Phi) is 4.98. The lowest BCUT2D eigenvalue weighted by Crippen LogP contribution is -2.14. The van der Waals surface area contributed by atoms with Gasteiger partial charge >= 0.3 is 5.97 Å². The van der Waals surface area contributed by atoms with E-state index in [1.807, 2.05) is 0 Å². The number of carbonyl (C=O) groups is 1. The molecule has 2 aromatic rings. The molecule has 0 aliphatic carbocycles. The number of benzene rings is 1. The fourth-order valence-corrected chi connectivity index (χ4v) is 4.05. The fraction of sp³-hybridized carbons (Fsp3) is 0.312. The van der Waals surface area contributed by atoms with Gasteiger partial charge in [0.2, 0.25) is 10.0 Å². The van der Waals surface area contributed by atoms with Crippen LogP contribution >= 0.6 is 0 Å². The summed E-state index contributed by atoms with van der Waals surface area (Å²) in [7, 11) is -3.64. The Morgan fingerprint density at radius 2 is 1.76 bits per heavy atom. The molecule has 0 N–H and O–H groups in total. The second-order valence-electron chi connectivity index (χ2n) is 5.47. The Hall–Kier alpha value is -2.68. The van der Waals surface area contributed by atoms with Gasteiger partial charge in [-0.15, -0.1) is 0 Å². The van der Waals surface area contributed by atoms with Crippen LogP contribution in [-0.2, 0) is 14.8 Å². The molecular formula is C16H18N2O6S. The first-order valence-electron chi connectivity index (χ1n) is 7.44. The number of nitro benzene ring substituents is 1. The summed E-state index contributed by atoms with van der Waals surface area (Å²) < 4.78 is 30.4. The molecule has 25 heavy (non-hydrogen) atoms. The predicted octanol–water partition coefficient (Wildman–Crippen LogP) is 2.66. The second-order valence-corrected chi connectivity index (χ2v) is 7.30. The van der Waals surface area contributed by atoms with E-state index in [1.165, 1.54) is 31.2 Å². The number of esters is 1. The molecule has 0 bridgehead atoms. The van der Waals surface area contributed by atoms with Crippen molar-refractivity contribution in [2.75, 3.05) is 12.9 Å². The highest BCUT2D eigenvalue weighted by Crippen LogP contribution is 2.34. The van der Waals surface area contributed by atoms with E-state index in [0.717, 1.165) is 10.2 Å². The molecule has 0 saturated carbocycles. The highest BCUT2D eigenvalue weighted by Gasteiger charge is 2.28. The number of nitrogens with zero attached hydrogens (tertiary/aromatic N) is 2. The van der Waals surface area contributed by atoms with Gasteiger partial charge in [0.25, 0.3) is 5.69 Å². The van der Waals surface area contributed by atoms with E-state index in [4.69, 9.17) is 4.74 Å². The Balaban J connectivity index is 2.79. The van der Waals surface area contributed by atoms with Crippen LogP contribution < -0.4 is 0 Å². The molecule has 9 heteroatoms. The molecule has 0 atom stereocenters. The molecule has 0 aliphatic rings. The third-order valence-corrected chi connectivity index (χ3v) is 4.97. The van der Waals surface area contributed by atoms with Gasteiger partial charge in [-0.2, -0.15) is 0 Å². The van der Waals surface area contributed by atoms with Crippen molar-refractivity contribution < 1.29 is 22.9 Å². The zero-order valence-electron chi connectivity index (χ0n) is 14.3. The van der Waals surface area contributed by atoms with Crippen molar-refractivity contribution in [3.63, 3.8) is 0 Å². The maximum Gasteiger partial charge on any atom is 0.340 e. The molecule has 2 rings (SSSR count). The highest BCUT2D eigenvalue weighted by molar-refractivity contribution is 7.89. The number of non-ortho nitro benzene ring substituents is 1. The number of hydrogen-bond acceptors (Lipinski definition) is 6. The summed E-state index contributed by atoms with van der Waals surface area (Å²) in [4.78, 5) is 22.7. The third kappa shape index (κ3) is 3.41. The van der Waals surface area contributed by atoms with Gasteiger partial charge in [0, 0.05) is 29.1 Å². The van der Waals surface area contributed by atoms with E-state index in [2.05, 4.69) is 0 Å². The largest absolute Gasteiger partial charge is 0.462 e. The second kappa shape index (κ2) is 6.67. The smallest absolute Gasteiger partial charge is 0.340 e. The van der Waals surface area contributed by atoms with E-state index < -0.39 is 20.9 Å². The Labute approximate surface area is 145 Å². The summed E-state index contributed by atoms with van der Waals surface area (Å²) in [6.45, 7) is 4.89. The van der Waals surface area contributed by atoms with Crippen LogP contribution in [0.3, 0.4) is 0 Å². The van der Waals surface area contributed by atoms with Crippen molar-refractivity contribution in [1.29, 1.82) is 0 Å². The molecule has 134 valence electrons. The summed E-state index contributed by atoms with van der Waals surface area (Å²) in [6, 6.07) is 5.57. The van der Waals surface area contributed by atoms with Crippen molar-refractivity contribution in [2.45, 2.75) is 20.8 Å². The van der Waals surface area contributed by atoms with Gasteiger partial charge in [0.15, 0.2) is 0 Å². The first-order valence-corrected chi connectivity index (χ1v) is 9.28. The number of hydrogen-bond donors (Lipinski definition) is 0. The quantitative estimate of drug-likeness (QED) is 0.457. The van der Waals surface area contributed by atoms with Crippen LogP contribution in [0, 0.1) is 24.0 Å². The monoisotopic (exact) mass is 366 g/mol. The van der Waals surface area contributed by atoms with Crippen molar-refractivity contribution in [1.82, 2.24) is 3.97 Å². The van der Waals surface area contributed by atoms with Gasteiger partial charge < -0.3 is 4.74 Å². The van der Waals surface area contributed by atoms with Gasteiger partial charge in [-0.1, -0.05) is 0 Å². The minimum atomic E-state index is -3.64. The molecule has 0 unspecified atom stereocenters. The topological polar surface area (TPSA) is 109 Å². The summed E-state index contributed by atoms with van der Waals surface area (Å²) >= 11 is 0. The normalized spacial score (nSPS) is 11.4. The molecule has 1 aromatic heterocycles. The molecule has 0 fully saturated rings. The van der Waals surface area contributed by atoms with Crippen molar-refractivity contribution >= 4 is 21.7 Å². The zero-order valence-corrected chi connectivity index (χ0v) is 15.1. The lowest BCUT2D eigenvalue weighted by Gasteiger charge is -2.06. The SMILES string of the molecule is CCOC(=O)c1c(-c2ccc([N+](=O)[O-])cc2)c(C)n(S(C)(=O)=O)c1C. The lowest BCUT2D eigenvalue weighted by molar-refractivity contribution is -0.384. The van der Waals surface area contributed by atoms with Crippen molar-refractivity contribution in [3.8, 4) is 11.1 Å². The van der Waals surface area contributed by atoms with E-state index in [1.54, 1.807) is 13.8 Å². The Morgan fingerprint density at radius 1 is 1.20 bits per heavy atom. The van der Waals surface area contributed by atoms with E-state index in [0.29, 0.717) is 16.8 Å². The van der Waals surface area contributed by atoms with Crippen LogP contribution in [0.1, 0.15) is 28.7 Å². The molecule has 0 radical (unpaired) electrons. The van der Waals surface area contributed by atoms with Crippen LogP contribution in [0.5, 0.6) is 0 Å². The van der Waals surface area contributed by atoms with Gasteiger partial charge in [0.05, 0.1) is 23.3 Å². The van der Waals surface area contributed by atoms with Gasteiger partial charge in [-0.3, -0.25) is 10.1 Å². The predicted molar refractivity (Wildman–Crippen MR) is 92.2 cm³/mol. The average Bonchev–Trinajstić information content (AvgIpc) is 2.78. The third-order valence-electron chi connectivity index (χ3n) is 3.76. The minimum Gasteiger partial charge on any atom is -0.462 e. The van der Waals surface area contributed by atoms with Crippen LogP contribution in [0.15, 0.2) is 24.3 Å². The molecule has 0 aliphatic heterocycles. The summed E-state index contributed by atoms with van der Waals surface area (Å²) in [6.07, 6.45) is 1.04. The Morgan fingerprint density at radius 3 is 2.20 bits per heavy atom. The number of ether oxygens (including phenoxy) is 1. The number of carbonyl (C=O) groups excluding carboxylic acids is 1. The zero-order chi connectivity index (χ0) is 18.9. The standard InChI is InChI=1S/C16H18N2O6S/c1-5-24-16(19)15-11(3)17(25(4,22)23)10(2)14(15)12-6-8-13(9-7-12)18(20)21/h6-9H,5H2,1-4H3. The van der Waals surface area contributed by atoms with E-state index in [-0.39, 0.29) is 23.6 Å². The molecule has 0 spiro atoms. The molecule has 0 amide bonds. The van der Waals surface area contributed by atoms with Crippen molar-refractivity contribution in [3.05, 3.63) is 51.3 Å². The van der Waals surface area contributed by atoms with Crippen LogP contribution in [0.4, 0.5) is 5.69 Å². The number of aromatic nitrogens is 1. The maximum atomic E-state index is 12.4. The minimum absolute atomic E-state index is 0.0987. The fourth-order valence-electron chi connectivity index (χ4n) is 2.87. The number of rotatable bonds is 5. The number of nitro groups is 1. The molecule has 8 nitrogen and oxygen atoms in total. The molecular weight excluding hydrogens is 348 g/mol. The highest BCUT2D eigenvalue weighted by atomic mass is 32.2. The van der Waals surface area contributed by atoms with Crippen LogP contribution in [0.2, 0.25) is 0 Å². The van der Waals surface area contributed by atoms with Gasteiger partial charge in [0.1, 0.15) is 0 Å². The van der Waals surface area contributed by atoms with E-state index >= 15 is 0 Å². The van der Waals surface area contributed by atoms with Crippen molar-refractivity contribution in [2.24, 2.45) is 0 Å². The van der Waals surface area contributed by atoms with Crippen LogP contribution in [-0.4, -0.2) is 36.1 Å². The van der Waals surface area contributed by atoms with Gasteiger partial charge in [-0.25, -0.2) is 17.2 Å². The molecule has 1 aromatic carbocycles. The maximum absolute atomic E-state index is 12.4. The van der Waals surface area contributed by atoms with E-state index in [9.17, 15) is 23.3 Å². The first kappa shape index (κ1) is 18.7. The first-order chi connectivity index (χ1) is 11.6. The average molecular weight is 366 g/mol.